The van der Waals surface area contributed by atoms with Gasteiger partial charge in [0.1, 0.15) is 5.65 Å². The molecule has 0 saturated carbocycles. The predicted molar refractivity (Wildman–Crippen MR) is 78.5 cm³/mol. The molecule has 0 fully saturated rings. The summed E-state index contributed by atoms with van der Waals surface area (Å²) in [5.74, 6) is -1.06. The highest BCUT2D eigenvalue weighted by molar-refractivity contribution is 5.94. The molecule has 2 aromatic heterocycles. The van der Waals surface area contributed by atoms with Gasteiger partial charge in [-0.05, 0) is 31.9 Å². The first-order chi connectivity index (χ1) is 10.0. The molecule has 0 unspecified atom stereocenters. The van der Waals surface area contributed by atoms with E-state index in [2.05, 4.69) is 10.3 Å². The van der Waals surface area contributed by atoms with E-state index in [1.165, 1.54) is 0 Å². The van der Waals surface area contributed by atoms with Gasteiger partial charge in [-0.3, -0.25) is 9.59 Å². The molecular formula is C15H19N3O3. The van der Waals surface area contributed by atoms with Crippen molar-refractivity contribution < 1.29 is 14.7 Å². The number of rotatable bonds is 6. The number of aromatic nitrogens is 2. The highest BCUT2D eigenvalue weighted by atomic mass is 16.4. The maximum absolute atomic E-state index is 12.0. The molecule has 1 amide bonds. The fraction of sp³-hybridized carbons (Fsp3) is 0.400. The predicted octanol–water partition coefficient (Wildman–Crippen LogP) is 1.80. The van der Waals surface area contributed by atoms with Gasteiger partial charge in [-0.15, -0.1) is 0 Å². The number of pyridine rings is 1. The van der Waals surface area contributed by atoms with Crippen molar-refractivity contribution in [1.29, 1.82) is 0 Å². The number of aryl methyl sites for hydroxylation is 2. The molecule has 0 aromatic carbocycles. The molecule has 2 aromatic rings. The molecule has 2 N–H and O–H groups in total. The SMILES string of the molecule is CCc1nc2ccc(C(=O)NCCCC(=O)O)cn2c1C. The molecule has 0 radical (unpaired) electrons. The number of carboxylic acid groups (broad SMARTS) is 1. The number of imidazole rings is 1. The molecule has 112 valence electrons. The van der Waals surface area contributed by atoms with Crippen LogP contribution >= 0.6 is 0 Å². The van der Waals surface area contributed by atoms with Gasteiger partial charge >= 0.3 is 5.97 Å². The van der Waals surface area contributed by atoms with E-state index in [9.17, 15) is 9.59 Å². The lowest BCUT2D eigenvalue weighted by Crippen LogP contribution is -2.25. The van der Waals surface area contributed by atoms with Crippen molar-refractivity contribution in [3.8, 4) is 0 Å². The number of hydrogen-bond acceptors (Lipinski definition) is 3. The van der Waals surface area contributed by atoms with Gasteiger partial charge in [0.2, 0.25) is 0 Å². The number of nitrogens with zero attached hydrogens (tertiary/aromatic N) is 2. The van der Waals surface area contributed by atoms with Gasteiger partial charge in [-0.2, -0.15) is 0 Å². The first-order valence-corrected chi connectivity index (χ1v) is 7.00. The quantitative estimate of drug-likeness (QED) is 0.794. The van der Waals surface area contributed by atoms with Crippen LogP contribution < -0.4 is 5.32 Å². The summed E-state index contributed by atoms with van der Waals surface area (Å²) in [4.78, 5) is 26.9. The Morgan fingerprint density at radius 3 is 2.81 bits per heavy atom. The molecule has 6 heteroatoms. The lowest BCUT2D eigenvalue weighted by Gasteiger charge is -2.05. The lowest BCUT2D eigenvalue weighted by molar-refractivity contribution is -0.137. The number of carbonyl (C=O) groups excluding carboxylic acids is 1. The van der Waals surface area contributed by atoms with Crippen molar-refractivity contribution in [1.82, 2.24) is 14.7 Å². The number of fused-ring (bicyclic) bond motifs is 1. The third-order valence-electron chi connectivity index (χ3n) is 3.41. The van der Waals surface area contributed by atoms with E-state index < -0.39 is 5.97 Å². The first-order valence-electron chi connectivity index (χ1n) is 7.00. The second kappa shape index (κ2) is 6.39. The largest absolute Gasteiger partial charge is 0.481 e. The van der Waals surface area contributed by atoms with E-state index in [4.69, 9.17) is 5.11 Å². The Labute approximate surface area is 122 Å². The van der Waals surface area contributed by atoms with E-state index in [-0.39, 0.29) is 12.3 Å². The van der Waals surface area contributed by atoms with Crippen LogP contribution in [0.15, 0.2) is 18.3 Å². The summed E-state index contributed by atoms with van der Waals surface area (Å²) in [7, 11) is 0. The summed E-state index contributed by atoms with van der Waals surface area (Å²) in [6, 6.07) is 3.55. The Kier molecular flexibility index (Phi) is 4.57. The summed E-state index contributed by atoms with van der Waals surface area (Å²) in [6.07, 6.45) is 3.10. The van der Waals surface area contributed by atoms with Crippen molar-refractivity contribution in [3.05, 3.63) is 35.3 Å². The minimum absolute atomic E-state index is 0.0554. The Morgan fingerprint density at radius 1 is 1.38 bits per heavy atom. The zero-order valence-electron chi connectivity index (χ0n) is 12.2. The van der Waals surface area contributed by atoms with E-state index in [0.29, 0.717) is 18.5 Å². The maximum Gasteiger partial charge on any atom is 0.303 e. The smallest absolute Gasteiger partial charge is 0.303 e. The van der Waals surface area contributed by atoms with E-state index in [1.807, 2.05) is 24.3 Å². The molecular weight excluding hydrogens is 270 g/mol. The first kappa shape index (κ1) is 15.0. The van der Waals surface area contributed by atoms with Crippen LogP contribution in [-0.2, 0) is 11.2 Å². The maximum atomic E-state index is 12.0. The summed E-state index contributed by atoms with van der Waals surface area (Å²) in [5, 5.41) is 11.3. The van der Waals surface area contributed by atoms with Crippen LogP contribution in [0.3, 0.4) is 0 Å². The third-order valence-corrected chi connectivity index (χ3v) is 3.41. The summed E-state index contributed by atoms with van der Waals surface area (Å²) in [5.41, 5.74) is 3.43. The number of hydrogen-bond donors (Lipinski definition) is 2. The fourth-order valence-corrected chi connectivity index (χ4v) is 2.22. The highest BCUT2D eigenvalue weighted by Crippen LogP contribution is 2.13. The topological polar surface area (TPSA) is 83.7 Å². The monoisotopic (exact) mass is 289 g/mol. The molecule has 0 aliphatic rings. The van der Waals surface area contributed by atoms with Crippen LogP contribution in [0.4, 0.5) is 0 Å². The van der Waals surface area contributed by atoms with Crippen LogP contribution in [0.25, 0.3) is 5.65 Å². The fourth-order valence-electron chi connectivity index (χ4n) is 2.22. The molecule has 21 heavy (non-hydrogen) atoms. The number of carboxylic acids is 1. The average Bonchev–Trinajstić information content (AvgIpc) is 2.79. The Morgan fingerprint density at radius 2 is 2.14 bits per heavy atom. The summed E-state index contributed by atoms with van der Waals surface area (Å²) < 4.78 is 1.91. The minimum atomic E-state index is -0.855. The van der Waals surface area contributed by atoms with Crippen molar-refractivity contribution in [3.63, 3.8) is 0 Å². The van der Waals surface area contributed by atoms with Gasteiger partial charge < -0.3 is 14.8 Å². The number of nitrogens with one attached hydrogen (secondary N) is 1. The highest BCUT2D eigenvalue weighted by Gasteiger charge is 2.10. The molecule has 0 aliphatic heterocycles. The van der Waals surface area contributed by atoms with Crippen molar-refractivity contribution >= 4 is 17.5 Å². The zero-order valence-corrected chi connectivity index (χ0v) is 12.2. The molecule has 2 rings (SSSR count). The van der Waals surface area contributed by atoms with Gasteiger partial charge in [0.05, 0.1) is 11.3 Å². The van der Waals surface area contributed by atoms with Gasteiger partial charge in [-0.1, -0.05) is 6.92 Å². The third kappa shape index (κ3) is 3.39. The van der Waals surface area contributed by atoms with Crippen molar-refractivity contribution in [2.24, 2.45) is 0 Å². The van der Waals surface area contributed by atoms with Gasteiger partial charge in [0, 0.05) is 24.9 Å². The Bertz CT molecular complexity index is 676. The second-order valence-electron chi connectivity index (χ2n) is 4.90. The van der Waals surface area contributed by atoms with Crippen molar-refractivity contribution in [2.75, 3.05) is 6.54 Å². The average molecular weight is 289 g/mol. The molecule has 0 bridgehead atoms. The number of aliphatic carboxylic acids is 1. The van der Waals surface area contributed by atoms with Crippen LogP contribution in [0.5, 0.6) is 0 Å². The van der Waals surface area contributed by atoms with Crippen molar-refractivity contribution in [2.45, 2.75) is 33.1 Å². The van der Waals surface area contributed by atoms with Crippen LogP contribution in [0.1, 0.15) is 41.5 Å². The Balaban J connectivity index is 2.09. The Hall–Kier alpha value is -2.37. The minimum Gasteiger partial charge on any atom is -0.481 e. The van der Waals surface area contributed by atoms with Crippen LogP contribution in [0, 0.1) is 6.92 Å². The molecule has 0 saturated heterocycles. The zero-order chi connectivity index (χ0) is 15.4. The normalized spacial score (nSPS) is 10.8. The van der Waals surface area contributed by atoms with Crippen LogP contribution in [-0.4, -0.2) is 32.9 Å². The molecule has 2 heterocycles. The van der Waals surface area contributed by atoms with E-state index in [0.717, 1.165) is 23.5 Å². The van der Waals surface area contributed by atoms with Gasteiger partial charge in [0.15, 0.2) is 0 Å². The number of amides is 1. The van der Waals surface area contributed by atoms with Gasteiger partial charge in [0.25, 0.3) is 5.91 Å². The molecule has 0 aliphatic carbocycles. The number of carbonyl (C=O) groups is 2. The van der Waals surface area contributed by atoms with E-state index in [1.54, 1.807) is 12.3 Å². The lowest BCUT2D eigenvalue weighted by atomic mass is 10.2. The van der Waals surface area contributed by atoms with Gasteiger partial charge in [-0.25, -0.2) is 4.98 Å². The summed E-state index contributed by atoms with van der Waals surface area (Å²) >= 11 is 0. The van der Waals surface area contributed by atoms with Crippen LogP contribution in [0.2, 0.25) is 0 Å². The van der Waals surface area contributed by atoms with E-state index >= 15 is 0 Å². The standard InChI is InChI=1S/C15H19N3O3/c1-3-12-10(2)18-9-11(6-7-13(18)17-12)15(21)16-8-4-5-14(19)20/h6-7,9H,3-5,8H2,1-2H3,(H,16,21)(H,19,20). The summed E-state index contributed by atoms with van der Waals surface area (Å²) in [6.45, 7) is 4.38. The second-order valence-corrected chi connectivity index (χ2v) is 4.90. The molecule has 0 spiro atoms. The molecule has 0 atom stereocenters. The molecule has 6 nitrogen and oxygen atoms in total.